The number of ether oxygens (including phenoxy) is 3. The molecule has 1 aromatic carbocycles. The lowest BCUT2D eigenvalue weighted by Crippen LogP contribution is -2.50. The largest absolute Gasteiger partial charge is 0.458 e. The normalized spacial score (nSPS) is 30.7. The quantitative estimate of drug-likeness (QED) is 0.305. The van der Waals surface area contributed by atoms with E-state index in [0.717, 1.165) is 0 Å². The second kappa shape index (κ2) is 11.7. The summed E-state index contributed by atoms with van der Waals surface area (Å²) in [6, 6.07) is 8.48. The van der Waals surface area contributed by atoms with Crippen LogP contribution in [0.4, 0.5) is 0 Å². The molecule has 0 amide bonds. The molecule has 39 heavy (non-hydrogen) atoms. The minimum absolute atomic E-state index is 0.0844. The fourth-order valence-corrected chi connectivity index (χ4v) is 5.48. The Bertz CT molecular complexity index is 1190. The third-order valence-electron chi connectivity index (χ3n) is 7.64. The molecule has 2 aliphatic carbocycles. The monoisotopic (exact) mass is 538 g/mol. The Morgan fingerprint density at radius 1 is 0.949 bits per heavy atom. The Kier molecular flexibility index (Phi) is 8.98. The van der Waals surface area contributed by atoms with Gasteiger partial charge in [-0.15, -0.1) is 0 Å². The molecular formula is C31H38O8. The van der Waals surface area contributed by atoms with Gasteiger partial charge >= 0.3 is 17.9 Å². The smallest absolute Gasteiger partial charge is 0.338 e. The van der Waals surface area contributed by atoms with Crippen molar-refractivity contribution in [2.24, 2.45) is 23.2 Å². The topological polar surface area (TPSA) is 113 Å². The summed E-state index contributed by atoms with van der Waals surface area (Å²) in [6.45, 7) is 11.2. The average Bonchev–Trinajstić information content (AvgIpc) is 3.11. The zero-order chi connectivity index (χ0) is 29.1. The number of rotatable bonds is 4. The summed E-state index contributed by atoms with van der Waals surface area (Å²) in [7, 11) is 0. The molecule has 0 saturated heterocycles. The minimum atomic E-state index is -1.63. The van der Waals surface area contributed by atoms with Gasteiger partial charge in [-0.05, 0) is 44.4 Å². The predicted molar refractivity (Wildman–Crippen MR) is 143 cm³/mol. The average molecular weight is 539 g/mol. The first-order valence-corrected chi connectivity index (χ1v) is 13.3. The van der Waals surface area contributed by atoms with Crippen LogP contribution in [0.2, 0.25) is 0 Å². The van der Waals surface area contributed by atoms with Crippen LogP contribution in [0.15, 0.2) is 54.1 Å². The maximum Gasteiger partial charge on any atom is 0.338 e. The maximum absolute atomic E-state index is 14.1. The van der Waals surface area contributed by atoms with Gasteiger partial charge < -0.3 is 14.2 Å². The van der Waals surface area contributed by atoms with E-state index < -0.39 is 53.0 Å². The van der Waals surface area contributed by atoms with E-state index in [1.54, 1.807) is 76.3 Å². The lowest BCUT2D eigenvalue weighted by molar-refractivity contribution is -0.171. The van der Waals surface area contributed by atoms with Crippen molar-refractivity contribution in [2.75, 3.05) is 0 Å². The van der Waals surface area contributed by atoms with Crippen LogP contribution >= 0.6 is 0 Å². The molecule has 8 heteroatoms. The predicted octanol–water partition coefficient (Wildman–Crippen LogP) is 4.81. The van der Waals surface area contributed by atoms with Gasteiger partial charge in [0.05, 0.1) is 11.5 Å². The number of fused-ring (bicyclic) bond motifs is 1. The molecule has 1 fully saturated rings. The van der Waals surface area contributed by atoms with Crippen LogP contribution in [0.3, 0.4) is 0 Å². The maximum atomic E-state index is 14.1. The Labute approximate surface area is 229 Å². The summed E-state index contributed by atoms with van der Waals surface area (Å²) < 4.78 is 17.4. The van der Waals surface area contributed by atoms with Crippen LogP contribution in [0, 0.1) is 23.2 Å². The van der Waals surface area contributed by atoms with Gasteiger partial charge in [-0.1, -0.05) is 50.3 Å². The molecule has 3 rings (SSSR count). The first kappa shape index (κ1) is 30.0. The second-order valence-electron chi connectivity index (χ2n) is 11.3. The highest BCUT2D eigenvalue weighted by Crippen LogP contribution is 2.48. The second-order valence-corrected chi connectivity index (χ2v) is 11.3. The molecule has 0 radical (unpaired) electrons. The first-order valence-electron chi connectivity index (χ1n) is 13.3. The number of carbonyl (C=O) groups is 5. The van der Waals surface area contributed by atoms with E-state index in [9.17, 15) is 24.0 Å². The van der Waals surface area contributed by atoms with Gasteiger partial charge in [0.1, 0.15) is 18.0 Å². The van der Waals surface area contributed by atoms with Crippen LogP contribution in [0.5, 0.6) is 0 Å². The van der Waals surface area contributed by atoms with Crippen LogP contribution in [0.25, 0.3) is 0 Å². The highest BCUT2D eigenvalue weighted by molar-refractivity contribution is 5.94. The Morgan fingerprint density at radius 2 is 1.59 bits per heavy atom. The standard InChI is InChI=1S/C31H38O8/c1-18-13-14-30(6,7)26(34)16-25(37-21(4)32)19(2)15-24-27(38-29(36)23-11-9-8-10-12-23)20(3)17-31(24,28(18)35)39-22(5)33/h8-15,18,20,24-25,27H,16-17H2,1-7H3. The molecule has 0 N–H and O–H groups in total. The van der Waals surface area contributed by atoms with E-state index in [0.29, 0.717) is 11.1 Å². The third-order valence-corrected chi connectivity index (χ3v) is 7.64. The van der Waals surface area contributed by atoms with Crippen LogP contribution in [-0.2, 0) is 33.4 Å². The van der Waals surface area contributed by atoms with Gasteiger partial charge in [0, 0.05) is 38.0 Å². The van der Waals surface area contributed by atoms with Gasteiger partial charge in [-0.25, -0.2) is 4.79 Å². The molecule has 0 aliphatic heterocycles. The lowest BCUT2D eigenvalue weighted by Gasteiger charge is -2.36. The number of esters is 3. The number of hydrogen-bond acceptors (Lipinski definition) is 8. The number of ketones is 2. The summed E-state index contributed by atoms with van der Waals surface area (Å²) >= 11 is 0. The van der Waals surface area contributed by atoms with Gasteiger partial charge in [0.25, 0.3) is 0 Å². The molecule has 1 saturated carbocycles. The number of hydrogen-bond donors (Lipinski definition) is 0. The van der Waals surface area contributed by atoms with Gasteiger partial charge in [-0.2, -0.15) is 0 Å². The molecule has 8 nitrogen and oxygen atoms in total. The van der Waals surface area contributed by atoms with Crippen molar-refractivity contribution < 1.29 is 38.2 Å². The molecule has 6 atom stereocenters. The molecule has 210 valence electrons. The number of benzene rings is 1. The van der Waals surface area contributed by atoms with Crippen molar-refractivity contribution in [1.82, 2.24) is 0 Å². The Balaban J connectivity index is 2.21. The molecule has 2 aliphatic rings. The van der Waals surface area contributed by atoms with Crippen molar-refractivity contribution in [1.29, 1.82) is 0 Å². The van der Waals surface area contributed by atoms with E-state index in [-0.39, 0.29) is 30.3 Å². The van der Waals surface area contributed by atoms with E-state index in [1.807, 2.05) is 6.92 Å². The van der Waals surface area contributed by atoms with Crippen LogP contribution in [-0.4, -0.2) is 47.3 Å². The molecule has 0 heterocycles. The van der Waals surface area contributed by atoms with Crippen molar-refractivity contribution in [2.45, 2.75) is 79.1 Å². The molecule has 6 unspecified atom stereocenters. The zero-order valence-electron chi connectivity index (χ0n) is 23.7. The molecule has 1 aromatic rings. The molecule has 0 spiro atoms. The van der Waals surface area contributed by atoms with Crippen LogP contribution < -0.4 is 0 Å². The summed E-state index contributed by atoms with van der Waals surface area (Å²) in [5.74, 6) is -4.25. The Hall–Kier alpha value is -3.55. The highest BCUT2D eigenvalue weighted by atomic mass is 16.6. The van der Waals surface area contributed by atoms with Crippen LogP contribution in [0.1, 0.15) is 71.7 Å². The molecular weight excluding hydrogens is 500 g/mol. The highest BCUT2D eigenvalue weighted by Gasteiger charge is 2.60. The molecule has 0 bridgehead atoms. The number of allylic oxidation sites excluding steroid dienone is 2. The van der Waals surface area contributed by atoms with Crippen molar-refractivity contribution in [3.05, 3.63) is 59.7 Å². The van der Waals surface area contributed by atoms with E-state index in [1.165, 1.54) is 13.8 Å². The zero-order valence-corrected chi connectivity index (χ0v) is 23.7. The minimum Gasteiger partial charge on any atom is -0.458 e. The van der Waals surface area contributed by atoms with E-state index in [4.69, 9.17) is 14.2 Å². The Morgan fingerprint density at radius 3 is 2.18 bits per heavy atom. The summed E-state index contributed by atoms with van der Waals surface area (Å²) in [5, 5.41) is 0. The van der Waals surface area contributed by atoms with Gasteiger partial charge in [-0.3, -0.25) is 19.2 Å². The van der Waals surface area contributed by atoms with E-state index in [2.05, 4.69) is 0 Å². The van der Waals surface area contributed by atoms with Gasteiger partial charge in [0.2, 0.25) is 0 Å². The van der Waals surface area contributed by atoms with Crippen molar-refractivity contribution in [3.63, 3.8) is 0 Å². The summed E-state index contributed by atoms with van der Waals surface area (Å²) in [6.07, 6.45) is 3.30. The summed E-state index contributed by atoms with van der Waals surface area (Å²) in [4.78, 5) is 64.9. The number of Topliss-reactive ketones (excluding diaryl/α,β-unsaturated/α-hetero) is 2. The number of carbonyl (C=O) groups excluding carboxylic acids is 5. The fraction of sp³-hybridized carbons (Fsp3) is 0.516. The van der Waals surface area contributed by atoms with Crippen molar-refractivity contribution in [3.8, 4) is 0 Å². The van der Waals surface area contributed by atoms with E-state index >= 15 is 0 Å². The summed E-state index contributed by atoms with van der Waals surface area (Å²) in [5.41, 5.74) is -1.73. The van der Waals surface area contributed by atoms with Crippen molar-refractivity contribution >= 4 is 29.5 Å². The first-order chi connectivity index (χ1) is 18.2. The van der Waals surface area contributed by atoms with Gasteiger partial charge in [0.15, 0.2) is 11.4 Å². The third kappa shape index (κ3) is 6.54. The SMILES string of the molecule is CC(=O)OC1CC(=O)C(C)(C)C=CC(C)C(=O)C2(OC(C)=O)CC(C)C(OC(=O)c3ccccc3)C2C=C1C. The fourth-order valence-electron chi connectivity index (χ4n) is 5.48. The lowest BCUT2D eigenvalue weighted by atomic mass is 9.76. The molecule has 0 aromatic heterocycles.